The first-order valence-electron chi connectivity index (χ1n) is 6.06. The van der Waals surface area contributed by atoms with Crippen molar-refractivity contribution >= 4 is 38.9 Å². The molecule has 2 aromatic rings. The molecule has 0 saturated carbocycles. The first-order chi connectivity index (χ1) is 9.15. The van der Waals surface area contributed by atoms with E-state index in [-0.39, 0.29) is 6.04 Å². The molecule has 0 spiro atoms. The van der Waals surface area contributed by atoms with Gasteiger partial charge < -0.3 is 10.6 Å². The summed E-state index contributed by atoms with van der Waals surface area (Å²) < 4.78 is 1.14. The highest BCUT2D eigenvalue weighted by Crippen LogP contribution is 2.36. The van der Waals surface area contributed by atoms with E-state index in [1.807, 2.05) is 0 Å². The van der Waals surface area contributed by atoms with Gasteiger partial charge in [0.2, 0.25) is 0 Å². The van der Waals surface area contributed by atoms with E-state index in [4.69, 9.17) is 5.73 Å². The zero-order chi connectivity index (χ0) is 13.4. The van der Waals surface area contributed by atoms with Crippen molar-refractivity contribution in [3.8, 4) is 0 Å². The molecule has 1 unspecified atom stereocenters. The summed E-state index contributed by atoms with van der Waals surface area (Å²) in [6.45, 7) is 2.80. The molecular weight excluding hydrogens is 322 g/mol. The summed E-state index contributed by atoms with van der Waals surface area (Å²) in [5, 5.41) is 0. The topological polar surface area (TPSA) is 41.6 Å². The molecule has 1 atom stereocenters. The Balaban J connectivity index is 1.99. The minimum atomic E-state index is 0.207. The number of nitrogens with two attached hydrogens (primary N) is 1. The molecule has 3 nitrogen and oxygen atoms in total. The Morgan fingerprint density at radius 2 is 2.21 bits per heavy atom. The molecule has 1 aliphatic heterocycles. The molecule has 0 fully saturated rings. The fraction of sp³-hybridized carbons (Fsp3) is 0.214. The van der Waals surface area contributed by atoms with Crippen molar-refractivity contribution in [1.82, 2.24) is 0 Å². The number of halogens is 1. The lowest BCUT2D eigenvalue weighted by atomic mass is 10.1. The van der Waals surface area contributed by atoms with Crippen molar-refractivity contribution in [2.24, 2.45) is 10.7 Å². The van der Waals surface area contributed by atoms with Crippen LogP contribution in [-0.4, -0.2) is 12.5 Å². The number of hydrogen-bond acceptors (Lipinski definition) is 4. The minimum Gasteiger partial charge on any atom is -0.369 e. The Bertz CT molecular complexity index is 635. The van der Waals surface area contributed by atoms with Crippen molar-refractivity contribution in [2.45, 2.75) is 13.0 Å². The molecule has 1 aliphatic rings. The molecular formula is C14H14BrN3S. The number of benzene rings is 1. The van der Waals surface area contributed by atoms with E-state index in [2.05, 4.69) is 69.1 Å². The van der Waals surface area contributed by atoms with Gasteiger partial charge in [0.15, 0.2) is 5.96 Å². The zero-order valence-electron chi connectivity index (χ0n) is 10.5. The third-order valence-electron chi connectivity index (χ3n) is 3.19. The largest absolute Gasteiger partial charge is 0.369 e. The van der Waals surface area contributed by atoms with Crippen molar-refractivity contribution in [3.63, 3.8) is 0 Å². The van der Waals surface area contributed by atoms with Crippen LogP contribution in [0.5, 0.6) is 0 Å². The molecule has 0 aliphatic carbocycles. The minimum absolute atomic E-state index is 0.207. The fourth-order valence-corrected chi connectivity index (χ4v) is 3.82. The standard InChI is InChI=1S/C14H14BrN3S/c1-9-3-2-4-10(7-9)18-11(8-17-14(18)16)12-5-6-13(15)19-12/h2-7,11H,8H2,1H3,(H2,16,17). The quantitative estimate of drug-likeness (QED) is 0.909. The summed E-state index contributed by atoms with van der Waals surface area (Å²) in [7, 11) is 0. The monoisotopic (exact) mass is 335 g/mol. The molecule has 5 heteroatoms. The fourth-order valence-electron chi connectivity index (χ4n) is 2.31. The van der Waals surface area contributed by atoms with E-state index in [1.54, 1.807) is 11.3 Å². The highest BCUT2D eigenvalue weighted by atomic mass is 79.9. The van der Waals surface area contributed by atoms with Crippen LogP contribution < -0.4 is 10.6 Å². The molecule has 98 valence electrons. The second-order valence-electron chi connectivity index (χ2n) is 4.57. The number of anilines is 1. The first kappa shape index (κ1) is 12.7. The summed E-state index contributed by atoms with van der Waals surface area (Å²) in [6.07, 6.45) is 0. The summed E-state index contributed by atoms with van der Waals surface area (Å²) in [5.74, 6) is 0.597. The smallest absolute Gasteiger partial charge is 0.196 e. The molecule has 0 bridgehead atoms. The second kappa shape index (κ2) is 4.98. The van der Waals surface area contributed by atoms with Gasteiger partial charge in [-0.05, 0) is 52.7 Å². The Morgan fingerprint density at radius 1 is 1.37 bits per heavy atom. The van der Waals surface area contributed by atoms with E-state index in [1.165, 1.54) is 10.4 Å². The SMILES string of the molecule is Cc1cccc(N2C(N)=NCC2c2ccc(Br)s2)c1. The van der Waals surface area contributed by atoms with Crippen molar-refractivity contribution in [1.29, 1.82) is 0 Å². The first-order valence-corrected chi connectivity index (χ1v) is 7.67. The Kier molecular flexibility index (Phi) is 3.33. The van der Waals surface area contributed by atoms with Crippen molar-refractivity contribution in [2.75, 3.05) is 11.4 Å². The van der Waals surface area contributed by atoms with Crippen LogP contribution in [0, 0.1) is 6.92 Å². The lowest BCUT2D eigenvalue weighted by Gasteiger charge is -2.25. The maximum absolute atomic E-state index is 6.06. The molecule has 0 radical (unpaired) electrons. The van der Waals surface area contributed by atoms with Crippen molar-refractivity contribution in [3.05, 3.63) is 50.6 Å². The van der Waals surface area contributed by atoms with Gasteiger partial charge in [0.25, 0.3) is 0 Å². The highest BCUT2D eigenvalue weighted by Gasteiger charge is 2.29. The Morgan fingerprint density at radius 3 is 2.89 bits per heavy atom. The van der Waals surface area contributed by atoms with Gasteiger partial charge in [-0.3, -0.25) is 4.99 Å². The molecule has 2 N–H and O–H groups in total. The molecule has 1 aromatic carbocycles. The van der Waals surface area contributed by atoms with Crippen LogP contribution in [0.25, 0.3) is 0 Å². The molecule has 3 rings (SSSR count). The van der Waals surface area contributed by atoms with Gasteiger partial charge in [-0.1, -0.05) is 12.1 Å². The normalized spacial score (nSPS) is 18.7. The molecule has 1 aromatic heterocycles. The van der Waals surface area contributed by atoms with E-state index in [0.717, 1.165) is 9.47 Å². The predicted octanol–water partition coefficient (Wildman–Crippen LogP) is 3.70. The number of hydrogen-bond donors (Lipinski definition) is 1. The van der Waals surface area contributed by atoms with Crippen LogP contribution in [0.3, 0.4) is 0 Å². The second-order valence-corrected chi connectivity index (χ2v) is 7.06. The van der Waals surface area contributed by atoms with Gasteiger partial charge in [0, 0.05) is 10.6 Å². The highest BCUT2D eigenvalue weighted by molar-refractivity contribution is 9.11. The van der Waals surface area contributed by atoms with Crippen LogP contribution >= 0.6 is 27.3 Å². The number of nitrogens with zero attached hydrogens (tertiary/aromatic N) is 2. The lowest BCUT2D eigenvalue weighted by Crippen LogP contribution is -2.35. The van der Waals surface area contributed by atoms with Gasteiger partial charge in [0.05, 0.1) is 16.4 Å². The van der Waals surface area contributed by atoms with Crippen molar-refractivity contribution < 1.29 is 0 Å². The number of aryl methyl sites for hydroxylation is 1. The van der Waals surface area contributed by atoms with E-state index < -0.39 is 0 Å². The van der Waals surface area contributed by atoms with Gasteiger partial charge in [0.1, 0.15) is 0 Å². The maximum Gasteiger partial charge on any atom is 0.196 e. The number of rotatable bonds is 2. The molecule has 2 heterocycles. The molecule has 19 heavy (non-hydrogen) atoms. The van der Waals surface area contributed by atoms with E-state index in [9.17, 15) is 0 Å². The van der Waals surface area contributed by atoms with Gasteiger partial charge >= 0.3 is 0 Å². The Labute approximate surface area is 124 Å². The summed E-state index contributed by atoms with van der Waals surface area (Å²) in [5.41, 5.74) is 8.39. The third kappa shape index (κ3) is 2.40. The Hall–Kier alpha value is -1.33. The average molecular weight is 336 g/mol. The predicted molar refractivity (Wildman–Crippen MR) is 84.9 cm³/mol. The van der Waals surface area contributed by atoms with Gasteiger partial charge in [-0.15, -0.1) is 11.3 Å². The third-order valence-corrected chi connectivity index (χ3v) is 4.91. The maximum atomic E-state index is 6.06. The number of guanidine groups is 1. The van der Waals surface area contributed by atoms with E-state index in [0.29, 0.717) is 12.5 Å². The molecule has 0 saturated heterocycles. The van der Waals surface area contributed by atoms with Gasteiger partial charge in [-0.2, -0.15) is 0 Å². The average Bonchev–Trinajstić information content (AvgIpc) is 2.95. The number of thiophene rings is 1. The summed E-state index contributed by atoms with van der Waals surface area (Å²) in [4.78, 5) is 7.79. The summed E-state index contributed by atoms with van der Waals surface area (Å²) >= 11 is 5.25. The van der Waals surface area contributed by atoms with Crippen LogP contribution in [0.4, 0.5) is 5.69 Å². The number of aliphatic imine (C=N–C) groups is 1. The van der Waals surface area contributed by atoms with E-state index >= 15 is 0 Å². The van der Waals surface area contributed by atoms with Crippen LogP contribution in [0.15, 0.2) is 45.2 Å². The van der Waals surface area contributed by atoms with Crippen LogP contribution in [0.2, 0.25) is 0 Å². The summed E-state index contributed by atoms with van der Waals surface area (Å²) in [6, 6.07) is 12.8. The van der Waals surface area contributed by atoms with Gasteiger partial charge in [-0.25, -0.2) is 0 Å². The van der Waals surface area contributed by atoms with Crippen LogP contribution in [-0.2, 0) is 0 Å². The zero-order valence-corrected chi connectivity index (χ0v) is 12.9. The lowest BCUT2D eigenvalue weighted by molar-refractivity contribution is 0.784. The molecule has 0 amide bonds. The van der Waals surface area contributed by atoms with Crippen LogP contribution in [0.1, 0.15) is 16.5 Å².